The maximum Gasteiger partial charge on any atom is 0.294 e. The van der Waals surface area contributed by atoms with E-state index in [0.29, 0.717) is 11.3 Å². The Morgan fingerprint density at radius 2 is 1.87 bits per heavy atom. The van der Waals surface area contributed by atoms with Crippen molar-refractivity contribution in [2.75, 3.05) is 11.9 Å². The van der Waals surface area contributed by atoms with Gasteiger partial charge in [0.1, 0.15) is 6.54 Å². The van der Waals surface area contributed by atoms with E-state index >= 15 is 0 Å². The summed E-state index contributed by atoms with van der Waals surface area (Å²) in [5.74, 6) is -3.84. The molecule has 10 heteroatoms. The molecular weight excluding hydrogens is 414 g/mol. The number of hydrogen-bond acceptors (Lipinski definition) is 5. The highest BCUT2D eigenvalue weighted by Gasteiger charge is 2.41. The number of nitrogens with one attached hydrogen (secondary N) is 1. The number of allylic oxidation sites excluding steroid dienone is 1. The summed E-state index contributed by atoms with van der Waals surface area (Å²) in [7, 11) is 0. The second-order valence-corrected chi connectivity index (χ2v) is 8.06. The fourth-order valence-electron chi connectivity index (χ4n) is 3.36. The van der Waals surface area contributed by atoms with Crippen molar-refractivity contribution < 1.29 is 23.2 Å². The van der Waals surface area contributed by atoms with Crippen LogP contribution in [0.3, 0.4) is 0 Å². The molecule has 4 rings (SSSR count). The molecule has 1 saturated heterocycles. The molecule has 30 heavy (non-hydrogen) atoms. The summed E-state index contributed by atoms with van der Waals surface area (Å²) in [5, 5.41) is 6.20. The quantitative estimate of drug-likeness (QED) is 0.739. The first-order valence-corrected chi connectivity index (χ1v) is 10.2. The number of alkyl halides is 2. The Kier molecular flexibility index (Phi) is 5.42. The molecule has 1 aliphatic carbocycles. The lowest BCUT2D eigenvalue weighted by Gasteiger charge is -2.24. The summed E-state index contributed by atoms with van der Waals surface area (Å²) in [6.45, 7) is -0.432. The highest BCUT2D eigenvalue weighted by molar-refractivity contribution is 8.18. The second kappa shape index (κ2) is 8.02. The minimum absolute atomic E-state index is 0.0803. The number of nitrogens with zero attached hydrogens (tertiary/aromatic N) is 3. The van der Waals surface area contributed by atoms with Crippen molar-refractivity contribution in [2.24, 2.45) is 0 Å². The number of benzene rings is 1. The number of carbonyl (C=O) groups excluding carboxylic acids is 3. The summed E-state index contributed by atoms with van der Waals surface area (Å²) in [6.07, 6.45) is 2.94. The van der Waals surface area contributed by atoms with E-state index in [1.165, 1.54) is 0 Å². The molecule has 2 heterocycles. The van der Waals surface area contributed by atoms with Gasteiger partial charge in [0.15, 0.2) is 0 Å². The van der Waals surface area contributed by atoms with Crippen molar-refractivity contribution in [3.05, 3.63) is 53.2 Å². The van der Waals surface area contributed by atoms with Gasteiger partial charge in [-0.3, -0.25) is 19.3 Å². The topological polar surface area (TPSA) is 84.3 Å². The van der Waals surface area contributed by atoms with Gasteiger partial charge in [0.25, 0.3) is 11.1 Å². The average molecular weight is 432 g/mol. The number of halogens is 2. The van der Waals surface area contributed by atoms with Crippen LogP contribution in [0.15, 0.2) is 53.2 Å². The Bertz CT molecular complexity index is 1010. The van der Waals surface area contributed by atoms with Crippen LogP contribution in [0.5, 0.6) is 0 Å². The number of aromatic nitrogens is 2. The molecular formula is C20H18F2N4O3S. The highest BCUT2D eigenvalue weighted by Crippen LogP contribution is 2.42. The molecule has 0 bridgehead atoms. The lowest BCUT2D eigenvalue weighted by Crippen LogP contribution is -2.36. The van der Waals surface area contributed by atoms with E-state index in [4.69, 9.17) is 0 Å². The van der Waals surface area contributed by atoms with Crippen LogP contribution < -0.4 is 5.32 Å². The molecule has 156 valence electrons. The van der Waals surface area contributed by atoms with Gasteiger partial charge < -0.3 is 5.32 Å². The third-order valence-electron chi connectivity index (χ3n) is 4.98. The SMILES string of the molecule is O=C(CN1C(=O)SC(=C2CCC(F)(F)CC2)C1=O)Nc1ccc(-n2cccn2)cc1. The summed E-state index contributed by atoms with van der Waals surface area (Å²) < 4.78 is 28.4. The maximum absolute atomic E-state index is 13.3. The van der Waals surface area contributed by atoms with E-state index in [1.807, 2.05) is 0 Å². The van der Waals surface area contributed by atoms with Gasteiger partial charge in [-0.1, -0.05) is 5.57 Å². The Balaban J connectivity index is 1.38. The van der Waals surface area contributed by atoms with Crippen molar-refractivity contribution in [3.63, 3.8) is 0 Å². The molecule has 2 fully saturated rings. The molecule has 0 unspecified atom stereocenters. The molecule has 0 atom stereocenters. The Hall–Kier alpha value is -3.01. The summed E-state index contributed by atoms with van der Waals surface area (Å²) in [6, 6.07) is 8.71. The van der Waals surface area contributed by atoms with E-state index in [-0.39, 0.29) is 30.6 Å². The summed E-state index contributed by atoms with van der Waals surface area (Å²) in [5.41, 5.74) is 1.89. The standard InChI is InChI=1S/C20H18F2N4O3S/c21-20(22)8-6-13(7-9-20)17-18(28)25(19(29)30-17)12-16(27)24-14-2-4-15(5-3-14)26-11-1-10-23-26/h1-5,10-11H,6-9,12H2,(H,24,27). The van der Waals surface area contributed by atoms with Crippen molar-refractivity contribution in [1.29, 1.82) is 0 Å². The number of thioether (sulfide) groups is 1. The third-order valence-corrected chi connectivity index (χ3v) is 6.04. The Morgan fingerprint density at radius 3 is 2.50 bits per heavy atom. The molecule has 1 aliphatic heterocycles. The van der Waals surface area contributed by atoms with Crippen LogP contribution in [-0.2, 0) is 9.59 Å². The van der Waals surface area contributed by atoms with E-state index in [0.717, 1.165) is 22.3 Å². The van der Waals surface area contributed by atoms with Gasteiger partial charge in [-0.05, 0) is 54.9 Å². The molecule has 1 aromatic heterocycles. The van der Waals surface area contributed by atoms with Gasteiger partial charge in [-0.25, -0.2) is 13.5 Å². The molecule has 0 spiro atoms. The summed E-state index contributed by atoms with van der Waals surface area (Å²) >= 11 is 0.720. The minimum atomic E-state index is -2.73. The van der Waals surface area contributed by atoms with E-state index in [1.54, 1.807) is 47.4 Å². The summed E-state index contributed by atoms with van der Waals surface area (Å²) in [4.78, 5) is 38.2. The van der Waals surface area contributed by atoms with Crippen molar-refractivity contribution in [2.45, 2.75) is 31.6 Å². The first-order valence-electron chi connectivity index (χ1n) is 9.36. The van der Waals surface area contributed by atoms with Gasteiger partial charge >= 0.3 is 0 Å². The van der Waals surface area contributed by atoms with Crippen molar-refractivity contribution in [1.82, 2.24) is 14.7 Å². The van der Waals surface area contributed by atoms with Gasteiger partial charge in [0.05, 0.1) is 10.6 Å². The van der Waals surface area contributed by atoms with Crippen LogP contribution in [0.2, 0.25) is 0 Å². The Morgan fingerprint density at radius 1 is 1.17 bits per heavy atom. The second-order valence-electron chi connectivity index (χ2n) is 7.09. The number of imide groups is 1. The smallest absolute Gasteiger partial charge is 0.294 e. The number of carbonyl (C=O) groups is 3. The van der Waals surface area contributed by atoms with Gasteiger partial charge in [0, 0.05) is 30.9 Å². The zero-order valence-corrected chi connectivity index (χ0v) is 16.6. The number of rotatable bonds is 4. The predicted octanol–water partition coefficient (Wildman–Crippen LogP) is 3.97. The number of amides is 3. The Labute approximate surface area is 175 Å². The van der Waals surface area contributed by atoms with Crippen LogP contribution in [0.25, 0.3) is 5.69 Å². The number of anilines is 1. The van der Waals surface area contributed by atoms with Crippen LogP contribution in [-0.4, -0.2) is 44.2 Å². The molecule has 1 N–H and O–H groups in total. The molecule has 7 nitrogen and oxygen atoms in total. The fourth-order valence-corrected chi connectivity index (χ4v) is 4.34. The van der Waals surface area contributed by atoms with Crippen molar-refractivity contribution >= 4 is 34.5 Å². The van der Waals surface area contributed by atoms with Gasteiger partial charge in [-0.15, -0.1) is 0 Å². The first-order chi connectivity index (χ1) is 14.3. The van der Waals surface area contributed by atoms with E-state index in [2.05, 4.69) is 10.4 Å². The van der Waals surface area contributed by atoms with Crippen LogP contribution >= 0.6 is 11.8 Å². The average Bonchev–Trinajstić information content (AvgIpc) is 3.33. The molecule has 3 amide bonds. The third kappa shape index (κ3) is 4.28. The maximum atomic E-state index is 13.3. The molecule has 1 aromatic carbocycles. The van der Waals surface area contributed by atoms with Crippen LogP contribution in [0, 0.1) is 0 Å². The minimum Gasteiger partial charge on any atom is -0.325 e. The lowest BCUT2D eigenvalue weighted by atomic mass is 9.91. The normalized spacial score (nSPS) is 18.8. The van der Waals surface area contributed by atoms with Crippen molar-refractivity contribution in [3.8, 4) is 5.69 Å². The molecule has 2 aromatic rings. The van der Waals surface area contributed by atoms with Gasteiger partial charge in [-0.2, -0.15) is 5.10 Å². The monoisotopic (exact) mass is 432 g/mol. The first kappa shape index (κ1) is 20.3. The van der Waals surface area contributed by atoms with E-state index < -0.39 is 29.5 Å². The zero-order valence-electron chi connectivity index (χ0n) is 15.8. The predicted molar refractivity (Wildman–Crippen MR) is 107 cm³/mol. The fraction of sp³-hybridized carbons (Fsp3) is 0.300. The molecule has 1 saturated carbocycles. The molecule has 0 radical (unpaired) electrons. The number of hydrogen-bond donors (Lipinski definition) is 1. The van der Waals surface area contributed by atoms with Gasteiger partial charge in [0.2, 0.25) is 11.8 Å². The highest BCUT2D eigenvalue weighted by atomic mass is 32.2. The molecule has 2 aliphatic rings. The lowest BCUT2D eigenvalue weighted by molar-refractivity contribution is -0.127. The largest absolute Gasteiger partial charge is 0.325 e. The van der Waals surface area contributed by atoms with E-state index in [9.17, 15) is 23.2 Å². The zero-order chi connectivity index (χ0) is 21.3. The van der Waals surface area contributed by atoms with Crippen LogP contribution in [0.4, 0.5) is 19.3 Å². The van der Waals surface area contributed by atoms with Crippen LogP contribution in [0.1, 0.15) is 25.7 Å².